The van der Waals surface area contributed by atoms with Gasteiger partial charge in [-0.1, -0.05) is 0 Å². The number of hydrogen-bond donors (Lipinski definition) is 1. The SMILES string of the molecule is CC(=O)C1CC(C(=O)Cl)CCN1. The van der Waals surface area contributed by atoms with Crippen molar-refractivity contribution in [1.82, 2.24) is 5.32 Å². The highest BCUT2D eigenvalue weighted by Gasteiger charge is 2.27. The van der Waals surface area contributed by atoms with Gasteiger partial charge in [0, 0.05) is 5.92 Å². The molecule has 1 fully saturated rings. The molecule has 0 aromatic heterocycles. The highest BCUT2D eigenvalue weighted by molar-refractivity contribution is 6.64. The Labute approximate surface area is 76.5 Å². The fourth-order valence-corrected chi connectivity index (χ4v) is 1.63. The highest BCUT2D eigenvalue weighted by Crippen LogP contribution is 2.19. The number of hydrogen-bond acceptors (Lipinski definition) is 3. The Hall–Kier alpha value is -0.410. The van der Waals surface area contributed by atoms with Crippen molar-refractivity contribution in [2.45, 2.75) is 25.8 Å². The fraction of sp³-hybridized carbons (Fsp3) is 0.750. The normalized spacial score (nSPS) is 29.8. The number of carbonyl (C=O) groups is 2. The molecule has 68 valence electrons. The van der Waals surface area contributed by atoms with Crippen LogP contribution in [0.4, 0.5) is 0 Å². The molecule has 1 aliphatic heterocycles. The van der Waals surface area contributed by atoms with Crippen molar-refractivity contribution in [3.63, 3.8) is 0 Å². The van der Waals surface area contributed by atoms with Gasteiger partial charge in [0.05, 0.1) is 6.04 Å². The maximum atomic E-state index is 11.0. The van der Waals surface area contributed by atoms with E-state index in [9.17, 15) is 9.59 Å². The summed E-state index contributed by atoms with van der Waals surface area (Å²) in [6.45, 7) is 2.23. The smallest absolute Gasteiger partial charge is 0.224 e. The molecule has 3 nitrogen and oxygen atoms in total. The van der Waals surface area contributed by atoms with Gasteiger partial charge >= 0.3 is 0 Å². The fourth-order valence-electron chi connectivity index (χ4n) is 1.43. The zero-order valence-electron chi connectivity index (χ0n) is 6.97. The number of rotatable bonds is 2. The lowest BCUT2D eigenvalue weighted by Gasteiger charge is -2.26. The van der Waals surface area contributed by atoms with Gasteiger partial charge in [-0.05, 0) is 37.9 Å². The van der Waals surface area contributed by atoms with E-state index in [2.05, 4.69) is 5.32 Å². The van der Waals surface area contributed by atoms with Crippen molar-refractivity contribution in [3.8, 4) is 0 Å². The quantitative estimate of drug-likeness (QED) is 0.651. The van der Waals surface area contributed by atoms with E-state index in [1.54, 1.807) is 0 Å². The molecular weight excluding hydrogens is 178 g/mol. The van der Waals surface area contributed by atoms with Gasteiger partial charge in [0.2, 0.25) is 5.24 Å². The molecule has 0 aliphatic carbocycles. The van der Waals surface area contributed by atoms with Gasteiger partial charge in [-0.25, -0.2) is 0 Å². The largest absolute Gasteiger partial charge is 0.307 e. The van der Waals surface area contributed by atoms with Crippen LogP contribution in [0, 0.1) is 5.92 Å². The van der Waals surface area contributed by atoms with Crippen molar-refractivity contribution in [2.24, 2.45) is 5.92 Å². The molecule has 1 rings (SSSR count). The van der Waals surface area contributed by atoms with Crippen LogP contribution in [0.25, 0.3) is 0 Å². The van der Waals surface area contributed by atoms with Crippen LogP contribution < -0.4 is 5.32 Å². The lowest BCUT2D eigenvalue weighted by molar-refractivity contribution is -0.121. The molecule has 0 radical (unpaired) electrons. The minimum atomic E-state index is -0.317. The summed E-state index contributed by atoms with van der Waals surface area (Å²) in [5.41, 5.74) is 0. The number of piperidine rings is 1. The molecule has 1 aliphatic rings. The lowest BCUT2D eigenvalue weighted by atomic mass is 9.92. The van der Waals surface area contributed by atoms with Crippen LogP contribution in [-0.4, -0.2) is 23.6 Å². The first kappa shape index (κ1) is 9.68. The summed E-state index contributed by atoms with van der Waals surface area (Å²) in [5, 5.41) is 2.73. The van der Waals surface area contributed by atoms with Gasteiger partial charge in [0.1, 0.15) is 5.78 Å². The molecule has 0 bridgehead atoms. The molecular formula is C8H12ClNO2. The third-order valence-corrected chi connectivity index (χ3v) is 2.52. The van der Waals surface area contributed by atoms with E-state index in [1.807, 2.05) is 0 Å². The molecule has 2 unspecified atom stereocenters. The Balaban J connectivity index is 2.51. The second-order valence-corrected chi connectivity index (χ2v) is 3.52. The topological polar surface area (TPSA) is 46.2 Å². The van der Waals surface area contributed by atoms with Crippen LogP contribution in [0.15, 0.2) is 0 Å². The molecule has 12 heavy (non-hydrogen) atoms. The average Bonchev–Trinajstić information content (AvgIpc) is 2.04. The molecule has 1 saturated heterocycles. The predicted octanol–water partition coefficient (Wildman–Crippen LogP) is 0.709. The molecule has 0 aromatic rings. The van der Waals surface area contributed by atoms with E-state index in [0.717, 1.165) is 6.42 Å². The molecule has 0 saturated carbocycles. The van der Waals surface area contributed by atoms with E-state index >= 15 is 0 Å². The van der Waals surface area contributed by atoms with E-state index in [1.165, 1.54) is 6.92 Å². The Morgan fingerprint density at radius 1 is 1.50 bits per heavy atom. The summed E-state index contributed by atoms with van der Waals surface area (Å²) >= 11 is 5.35. The minimum absolute atomic E-state index is 0.0811. The summed E-state index contributed by atoms with van der Waals surface area (Å²) in [6.07, 6.45) is 1.30. The number of ketones is 1. The van der Waals surface area contributed by atoms with Crippen LogP contribution in [0.3, 0.4) is 0 Å². The van der Waals surface area contributed by atoms with Gasteiger partial charge in [-0.15, -0.1) is 0 Å². The zero-order valence-corrected chi connectivity index (χ0v) is 7.73. The second kappa shape index (κ2) is 4.01. The average molecular weight is 190 g/mol. The van der Waals surface area contributed by atoms with Crippen molar-refractivity contribution in [1.29, 1.82) is 0 Å². The third-order valence-electron chi connectivity index (χ3n) is 2.22. The van der Waals surface area contributed by atoms with Gasteiger partial charge < -0.3 is 5.32 Å². The Kier molecular flexibility index (Phi) is 3.23. The molecule has 1 N–H and O–H groups in total. The maximum Gasteiger partial charge on any atom is 0.224 e. The van der Waals surface area contributed by atoms with Crippen molar-refractivity contribution < 1.29 is 9.59 Å². The van der Waals surface area contributed by atoms with Gasteiger partial charge in [0.15, 0.2) is 0 Å². The third kappa shape index (κ3) is 2.29. The van der Waals surface area contributed by atoms with E-state index in [4.69, 9.17) is 11.6 Å². The molecule has 0 aromatic carbocycles. The van der Waals surface area contributed by atoms with Crippen molar-refractivity contribution >= 4 is 22.6 Å². The molecule has 1 heterocycles. The molecule has 0 spiro atoms. The Morgan fingerprint density at radius 3 is 2.67 bits per heavy atom. The Bertz CT molecular complexity index is 185. The van der Waals surface area contributed by atoms with Crippen LogP contribution in [-0.2, 0) is 9.59 Å². The monoisotopic (exact) mass is 189 g/mol. The van der Waals surface area contributed by atoms with Crippen molar-refractivity contribution in [3.05, 3.63) is 0 Å². The standard InChI is InChI=1S/C8H12ClNO2/c1-5(11)7-4-6(8(9)12)2-3-10-7/h6-7,10H,2-4H2,1H3. The Morgan fingerprint density at radius 2 is 2.17 bits per heavy atom. The lowest BCUT2D eigenvalue weighted by Crippen LogP contribution is -2.43. The van der Waals surface area contributed by atoms with Crippen LogP contribution in [0.1, 0.15) is 19.8 Å². The van der Waals surface area contributed by atoms with Gasteiger partial charge in [-0.2, -0.15) is 0 Å². The van der Waals surface area contributed by atoms with Crippen LogP contribution in [0.5, 0.6) is 0 Å². The van der Waals surface area contributed by atoms with Crippen LogP contribution in [0.2, 0.25) is 0 Å². The molecule has 0 amide bonds. The van der Waals surface area contributed by atoms with E-state index in [0.29, 0.717) is 13.0 Å². The van der Waals surface area contributed by atoms with Gasteiger partial charge in [-0.3, -0.25) is 9.59 Å². The van der Waals surface area contributed by atoms with Gasteiger partial charge in [0.25, 0.3) is 0 Å². The summed E-state index contributed by atoms with van der Waals surface area (Å²) in [5.74, 6) is -0.0561. The first-order chi connectivity index (χ1) is 5.61. The van der Waals surface area contributed by atoms with E-state index < -0.39 is 0 Å². The van der Waals surface area contributed by atoms with E-state index in [-0.39, 0.29) is 23.0 Å². The first-order valence-corrected chi connectivity index (χ1v) is 4.42. The predicted molar refractivity (Wildman–Crippen MR) is 46.1 cm³/mol. The number of Topliss-reactive ketones (excluding diaryl/α,β-unsaturated/α-hetero) is 1. The first-order valence-electron chi connectivity index (χ1n) is 4.04. The summed E-state index contributed by atoms with van der Waals surface area (Å²) in [6, 6.07) is -0.175. The summed E-state index contributed by atoms with van der Waals surface area (Å²) < 4.78 is 0. The maximum absolute atomic E-state index is 11.0. The minimum Gasteiger partial charge on any atom is -0.307 e. The van der Waals surface area contributed by atoms with Crippen LogP contribution >= 0.6 is 11.6 Å². The number of nitrogens with one attached hydrogen (secondary N) is 1. The zero-order chi connectivity index (χ0) is 9.14. The summed E-state index contributed by atoms with van der Waals surface area (Å²) in [4.78, 5) is 21.7. The molecule has 4 heteroatoms. The number of carbonyl (C=O) groups excluding carboxylic acids is 2. The van der Waals surface area contributed by atoms with Crippen molar-refractivity contribution in [2.75, 3.05) is 6.54 Å². The highest BCUT2D eigenvalue weighted by atomic mass is 35.5. The number of halogens is 1. The molecule has 2 atom stereocenters. The second-order valence-electron chi connectivity index (χ2n) is 3.14. The summed E-state index contributed by atoms with van der Waals surface area (Å²) in [7, 11) is 0.